The van der Waals surface area contributed by atoms with Crippen LogP contribution in [0.15, 0.2) is 0 Å². The van der Waals surface area contributed by atoms with Gasteiger partial charge in [-0.2, -0.15) is 0 Å². The van der Waals surface area contributed by atoms with Crippen LogP contribution in [-0.4, -0.2) is 12.4 Å². The Labute approximate surface area is 37.1 Å². The standard InChI is InChI=1S/C4H8N2/c5-3-6-4-1-2-4/h3-4H,1-2H2,(H2,5,6). The Morgan fingerprint density at radius 3 is 2.50 bits per heavy atom. The molecule has 1 saturated carbocycles. The van der Waals surface area contributed by atoms with Crippen LogP contribution in [0.1, 0.15) is 12.8 Å². The Hall–Kier alpha value is -0.530. The normalized spacial score (nSPS) is 20.0. The molecule has 0 radical (unpaired) electrons. The molecule has 2 heteroatoms. The fourth-order valence-electron chi connectivity index (χ4n) is 0.368. The summed E-state index contributed by atoms with van der Waals surface area (Å²) < 4.78 is 0. The topological polar surface area (TPSA) is 35.9 Å². The van der Waals surface area contributed by atoms with Gasteiger partial charge >= 0.3 is 0 Å². The largest absolute Gasteiger partial charge is 0.374 e. The highest BCUT2D eigenvalue weighted by Crippen LogP contribution is 2.17. The van der Waals surface area contributed by atoms with Crippen LogP contribution in [0.5, 0.6) is 0 Å². The second kappa shape index (κ2) is 1.29. The van der Waals surface area contributed by atoms with Crippen LogP contribution in [0, 0.1) is 5.41 Å². The van der Waals surface area contributed by atoms with Crippen molar-refractivity contribution in [3.05, 3.63) is 0 Å². The lowest BCUT2D eigenvalue weighted by molar-refractivity contribution is 0.922. The summed E-state index contributed by atoms with van der Waals surface area (Å²) in [5, 5.41) is 9.40. The van der Waals surface area contributed by atoms with Gasteiger partial charge in [-0.3, -0.25) is 5.41 Å². The van der Waals surface area contributed by atoms with Crippen molar-refractivity contribution in [2.45, 2.75) is 18.9 Å². The molecule has 34 valence electrons. The molecule has 0 atom stereocenters. The van der Waals surface area contributed by atoms with Gasteiger partial charge in [0.25, 0.3) is 0 Å². The number of nitrogens with one attached hydrogen (secondary N) is 2. The van der Waals surface area contributed by atoms with Crippen LogP contribution in [0.4, 0.5) is 0 Å². The highest BCUT2D eigenvalue weighted by atomic mass is 14.9. The molecule has 2 nitrogen and oxygen atoms in total. The summed E-state index contributed by atoms with van der Waals surface area (Å²) in [5.74, 6) is 0. The van der Waals surface area contributed by atoms with E-state index in [2.05, 4.69) is 5.32 Å². The first-order valence-corrected chi connectivity index (χ1v) is 2.18. The Bertz CT molecular complexity index is 56.6. The lowest BCUT2D eigenvalue weighted by atomic mass is 10.7. The Morgan fingerprint density at radius 2 is 2.33 bits per heavy atom. The zero-order chi connectivity index (χ0) is 4.41. The maximum atomic E-state index is 6.54. The van der Waals surface area contributed by atoms with E-state index in [-0.39, 0.29) is 0 Å². The Morgan fingerprint density at radius 1 is 1.67 bits per heavy atom. The highest BCUT2D eigenvalue weighted by Gasteiger charge is 2.18. The molecule has 0 heterocycles. The molecule has 0 amide bonds. The molecular formula is C4H8N2. The second-order valence-electron chi connectivity index (χ2n) is 1.59. The fourth-order valence-corrected chi connectivity index (χ4v) is 0.368. The molecular weight excluding hydrogens is 76.1 g/mol. The smallest absolute Gasteiger partial charge is 0.0793 e. The van der Waals surface area contributed by atoms with Crippen LogP contribution in [-0.2, 0) is 0 Å². The lowest BCUT2D eigenvalue weighted by Crippen LogP contribution is -2.11. The molecule has 0 aromatic carbocycles. The zero-order valence-electron chi connectivity index (χ0n) is 3.57. The summed E-state index contributed by atoms with van der Waals surface area (Å²) in [6.45, 7) is 0. The van der Waals surface area contributed by atoms with E-state index in [0.717, 1.165) is 0 Å². The van der Waals surface area contributed by atoms with Gasteiger partial charge in [-0.25, -0.2) is 0 Å². The third-order valence-corrected chi connectivity index (χ3v) is 0.896. The minimum Gasteiger partial charge on any atom is -0.374 e. The first-order chi connectivity index (χ1) is 2.93. The van der Waals surface area contributed by atoms with E-state index in [1.54, 1.807) is 0 Å². The van der Waals surface area contributed by atoms with E-state index in [0.29, 0.717) is 6.04 Å². The van der Waals surface area contributed by atoms with E-state index >= 15 is 0 Å². The summed E-state index contributed by atoms with van der Waals surface area (Å²) in [6.07, 6.45) is 3.78. The van der Waals surface area contributed by atoms with Crippen molar-refractivity contribution < 1.29 is 0 Å². The summed E-state index contributed by atoms with van der Waals surface area (Å²) in [4.78, 5) is 0. The van der Waals surface area contributed by atoms with Crippen molar-refractivity contribution in [3.63, 3.8) is 0 Å². The van der Waals surface area contributed by atoms with E-state index in [1.165, 1.54) is 19.2 Å². The number of rotatable bonds is 2. The Kier molecular flexibility index (Phi) is 0.783. The maximum Gasteiger partial charge on any atom is 0.0793 e. The summed E-state index contributed by atoms with van der Waals surface area (Å²) in [6, 6.07) is 0.655. The molecule has 1 aliphatic rings. The van der Waals surface area contributed by atoms with Crippen molar-refractivity contribution in [1.82, 2.24) is 5.32 Å². The van der Waals surface area contributed by atoms with Crippen LogP contribution >= 0.6 is 0 Å². The van der Waals surface area contributed by atoms with Gasteiger partial charge < -0.3 is 5.32 Å². The van der Waals surface area contributed by atoms with Crippen molar-refractivity contribution in [2.75, 3.05) is 0 Å². The van der Waals surface area contributed by atoms with Gasteiger partial charge in [0.05, 0.1) is 6.34 Å². The molecule has 0 aromatic heterocycles. The molecule has 1 fully saturated rings. The van der Waals surface area contributed by atoms with Gasteiger partial charge in [-0.15, -0.1) is 0 Å². The van der Waals surface area contributed by atoms with Gasteiger partial charge in [0.2, 0.25) is 0 Å². The van der Waals surface area contributed by atoms with Gasteiger partial charge in [-0.05, 0) is 12.8 Å². The molecule has 0 unspecified atom stereocenters. The summed E-state index contributed by atoms with van der Waals surface area (Å²) >= 11 is 0. The SMILES string of the molecule is N=CNC1CC1. The van der Waals surface area contributed by atoms with E-state index in [1.807, 2.05) is 0 Å². The zero-order valence-corrected chi connectivity index (χ0v) is 3.57. The molecule has 1 rings (SSSR count). The second-order valence-corrected chi connectivity index (χ2v) is 1.59. The molecule has 0 saturated heterocycles. The molecule has 2 N–H and O–H groups in total. The monoisotopic (exact) mass is 84.1 g/mol. The van der Waals surface area contributed by atoms with Crippen LogP contribution < -0.4 is 5.32 Å². The number of hydrogen-bond acceptors (Lipinski definition) is 1. The van der Waals surface area contributed by atoms with E-state index in [4.69, 9.17) is 5.41 Å². The van der Waals surface area contributed by atoms with E-state index in [9.17, 15) is 0 Å². The molecule has 6 heavy (non-hydrogen) atoms. The average Bonchev–Trinajstić information content (AvgIpc) is 2.21. The average molecular weight is 84.1 g/mol. The molecule has 0 aromatic rings. The van der Waals surface area contributed by atoms with Crippen molar-refractivity contribution in [1.29, 1.82) is 5.41 Å². The van der Waals surface area contributed by atoms with Crippen molar-refractivity contribution >= 4 is 6.34 Å². The van der Waals surface area contributed by atoms with E-state index < -0.39 is 0 Å². The van der Waals surface area contributed by atoms with Gasteiger partial charge in [0.15, 0.2) is 0 Å². The molecule has 0 bridgehead atoms. The molecule has 1 aliphatic carbocycles. The van der Waals surface area contributed by atoms with Gasteiger partial charge in [0.1, 0.15) is 0 Å². The quantitative estimate of drug-likeness (QED) is 0.367. The minimum atomic E-state index is 0.655. The third kappa shape index (κ3) is 0.708. The maximum absolute atomic E-state index is 6.54. The van der Waals surface area contributed by atoms with Crippen molar-refractivity contribution in [3.8, 4) is 0 Å². The van der Waals surface area contributed by atoms with Gasteiger partial charge in [0, 0.05) is 6.04 Å². The summed E-state index contributed by atoms with van der Waals surface area (Å²) in [5.41, 5.74) is 0. The third-order valence-electron chi connectivity index (χ3n) is 0.896. The fraction of sp³-hybridized carbons (Fsp3) is 0.750. The first kappa shape index (κ1) is 3.65. The predicted molar refractivity (Wildman–Crippen MR) is 24.9 cm³/mol. The number of hydrogen-bond donors (Lipinski definition) is 2. The predicted octanol–water partition coefficient (Wildman–Crippen LogP) is 0.345. The lowest BCUT2D eigenvalue weighted by Gasteiger charge is -1.85. The van der Waals surface area contributed by atoms with Crippen LogP contribution in [0.25, 0.3) is 0 Å². The summed E-state index contributed by atoms with van der Waals surface area (Å²) in [7, 11) is 0. The van der Waals surface area contributed by atoms with Crippen LogP contribution in [0.3, 0.4) is 0 Å². The first-order valence-electron chi connectivity index (χ1n) is 2.18. The molecule has 0 aliphatic heterocycles. The van der Waals surface area contributed by atoms with Gasteiger partial charge in [-0.1, -0.05) is 0 Å². The molecule has 0 spiro atoms. The van der Waals surface area contributed by atoms with Crippen LogP contribution in [0.2, 0.25) is 0 Å². The Balaban J connectivity index is 2.00. The minimum absolute atomic E-state index is 0.655. The van der Waals surface area contributed by atoms with Crippen molar-refractivity contribution in [2.24, 2.45) is 0 Å². The highest BCUT2D eigenvalue weighted by molar-refractivity contribution is 5.50.